The maximum atomic E-state index is 12.9. The number of aliphatic carboxylic acids is 1. The Balaban J connectivity index is 1.79. The molecule has 0 aliphatic rings. The van der Waals surface area contributed by atoms with Crippen LogP contribution in [0.4, 0.5) is 4.39 Å². The van der Waals surface area contributed by atoms with Crippen LogP contribution in [0.25, 0.3) is 11.6 Å². The smallest absolute Gasteiger partial charge is 0.337 e. The van der Waals surface area contributed by atoms with Crippen molar-refractivity contribution >= 4 is 29.0 Å². The lowest BCUT2D eigenvalue weighted by Gasteiger charge is -2.06. The van der Waals surface area contributed by atoms with Crippen LogP contribution in [0.3, 0.4) is 0 Å². The summed E-state index contributed by atoms with van der Waals surface area (Å²) in [6.45, 7) is 0. The molecule has 0 fully saturated rings. The molecule has 2 aromatic carbocycles. The Morgan fingerprint density at radius 2 is 1.62 bits per heavy atom. The first kappa shape index (κ1) is 16.0. The van der Waals surface area contributed by atoms with Crippen molar-refractivity contribution in [3.63, 3.8) is 0 Å². The Bertz CT molecular complexity index is 851. The highest BCUT2D eigenvalue weighted by molar-refractivity contribution is 7.11. The van der Waals surface area contributed by atoms with Crippen molar-refractivity contribution in [3.8, 4) is 11.5 Å². The fourth-order valence-corrected chi connectivity index (χ4v) is 2.84. The first-order valence-electron chi connectivity index (χ1n) is 7.14. The highest BCUT2D eigenvalue weighted by atomic mass is 32.1. The van der Waals surface area contributed by atoms with Crippen molar-refractivity contribution in [2.75, 3.05) is 0 Å². The number of carboxylic acids is 1. The molecule has 24 heavy (non-hydrogen) atoms. The summed E-state index contributed by atoms with van der Waals surface area (Å²) in [7, 11) is 0. The molecule has 120 valence electrons. The molecule has 0 atom stereocenters. The molecule has 1 N–H and O–H groups in total. The summed E-state index contributed by atoms with van der Waals surface area (Å²) in [5.74, 6) is -0.169. The Kier molecular flexibility index (Phi) is 4.72. The number of carboxylic acid groups (broad SMARTS) is 1. The maximum Gasteiger partial charge on any atom is 0.337 e. The summed E-state index contributed by atoms with van der Waals surface area (Å²) in [4.78, 5) is 12.1. The van der Waals surface area contributed by atoms with Crippen LogP contribution in [0.5, 0.6) is 11.5 Å². The van der Waals surface area contributed by atoms with Crippen LogP contribution in [-0.2, 0) is 4.79 Å². The minimum absolute atomic E-state index is 0.247. The van der Waals surface area contributed by atoms with Gasteiger partial charge in [0.1, 0.15) is 17.3 Å². The zero-order valence-electron chi connectivity index (χ0n) is 12.5. The molecule has 0 spiro atoms. The Labute approximate surface area is 142 Å². The van der Waals surface area contributed by atoms with Crippen molar-refractivity contribution in [1.82, 2.24) is 0 Å². The van der Waals surface area contributed by atoms with Crippen LogP contribution in [-0.4, -0.2) is 11.1 Å². The van der Waals surface area contributed by atoms with Gasteiger partial charge in [0.05, 0.1) is 5.57 Å². The highest BCUT2D eigenvalue weighted by Gasteiger charge is 2.11. The molecule has 1 heterocycles. The zero-order valence-corrected chi connectivity index (χ0v) is 13.3. The first-order valence-corrected chi connectivity index (χ1v) is 8.02. The van der Waals surface area contributed by atoms with Crippen molar-refractivity contribution in [1.29, 1.82) is 0 Å². The monoisotopic (exact) mass is 340 g/mol. The van der Waals surface area contributed by atoms with E-state index in [1.165, 1.54) is 23.5 Å². The van der Waals surface area contributed by atoms with E-state index in [1.54, 1.807) is 48.5 Å². The topological polar surface area (TPSA) is 46.5 Å². The van der Waals surface area contributed by atoms with Gasteiger partial charge < -0.3 is 9.84 Å². The van der Waals surface area contributed by atoms with Gasteiger partial charge in [-0.1, -0.05) is 18.2 Å². The molecule has 0 unspecified atom stereocenters. The van der Waals surface area contributed by atoms with Crippen LogP contribution >= 0.6 is 11.3 Å². The largest absolute Gasteiger partial charge is 0.478 e. The molecule has 1 aromatic heterocycles. The lowest BCUT2D eigenvalue weighted by atomic mass is 10.1. The summed E-state index contributed by atoms with van der Waals surface area (Å²) in [6, 6.07) is 16.4. The maximum absolute atomic E-state index is 12.9. The summed E-state index contributed by atoms with van der Waals surface area (Å²) < 4.78 is 18.5. The standard InChI is InChI=1S/C19H13FO3S/c20-14-5-9-16(10-6-14)23-15-7-3-13(4-8-15)12-17(19(21)22)18-2-1-11-24-18/h1-12H,(H,21,22)/b17-12-. The fraction of sp³-hybridized carbons (Fsp3) is 0. The van der Waals surface area contributed by atoms with E-state index in [0.29, 0.717) is 16.4 Å². The van der Waals surface area contributed by atoms with Crippen molar-refractivity contribution in [2.45, 2.75) is 0 Å². The van der Waals surface area contributed by atoms with Crippen molar-refractivity contribution < 1.29 is 19.0 Å². The molecular formula is C19H13FO3S. The van der Waals surface area contributed by atoms with Crippen LogP contribution in [0.1, 0.15) is 10.4 Å². The van der Waals surface area contributed by atoms with Gasteiger partial charge in [0, 0.05) is 4.88 Å². The number of hydrogen-bond donors (Lipinski definition) is 1. The molecule has 0 radical (unpaired) electrons. The molecule has 3 rings (SSSR count). The minimum atomic E-state index is -0.968. The molecule has 0 bridgehead atoms. The van der Waals surface area contributed by atoms with Crippen LogP contribution in [0, 0.1) is 5.82 Å². The third kappa shape index (κ3) is 3.88. The minimum Gasteiger partial charge on any atom is -0.478 e. The van der Waals surface area contributed by atoms with Gasteiger partial charge in [-0.3, -0.25) is 0 Å². The number of carbonyl (C=O) groups is 1. The third-order valence-electron chi connectivity index (χ3n) is 3.26. The van der Waals surface area contributed by atoms with E-state index >= 15 is 0 Å². The molecular weight excluding hydrogens is 327 g/mol. The van der Waals surface area contributed by atoms with E-state index < -0.39 is 5.97 Å². The second-order valence-corrected chi connectivity index (χ2v) is 5.91. The average Bonchev–Trinajstić information content (AvgIpc) is 3.10. The molecule has 0 amide bonds. The van der Waals surface area contributed by atoms with E-state index in [9.17, 15) is 14.3 Å². The second-order valence-electron chi connectivity index (χ2n) is 4.97. The molecule has 0 saturated carbocycles. The van der Waals surface area contributed by atoms with E-state index in [0.717, 1.165) is 5.56 Å². The van der Waals surface area contributed by atoms with Gasteiger partial charge in [0.2, 0.25) is 0 Å². The summed E-state index contributed by atoms with van der Waals surface area (Å²) in [5.41, 5.74) is 1.00. The van der Waals surface area contributed by atoms with Gasteiger partial charge in [-0.15, -0.1) is 11.3 Å². The van der Waals surface area contributed by atoms with Gasteiger partial charge in [-0.2, -0.15) is 0 Å². The number of benzene rings is 2. The zero-order chi connectivity index (χ0) is 16.9. The van der Waals surface area contributed by atoms with Crippen molar-refractivity contribution in [2.24, 2.45) is 0 Å². The number of rotatable bonds is 5. The lowest BCUT2D eigenvalue weighted by molar-refractivity contribution is -0.130. The lowest BCUT2D eigenvalue weighted by Crippen LogP contribution is -1.97. The van der Waals surface area contributed by atoms with Gasteiger partial charge in [-0.25, -0.2) is 9.18 Å². The summed E-state index contributed by atoms with van der Waals surface area (Å²) in [5, 5.41) is 11.2. The molecule has 0 saturated heterocycles. The number of ether oxygens (including phenoxy) is 1. The molecule has 0 aliphatic heterocycles. The fourth-order valence-electron chi connectivity index (χ4n) is 2.11. The predicted molar refractivity (Wildman–Crippen MR) is 92.7 cm³/mol. The van der Waals surface area contributed by atoms with Gasteiger partial charge >= 0.3 is 5.97 Å². The normalized spacial score (nSPS) is 11.3. The van der Waals surface area contributed by atoms with E-state index in [4.69, 9.17) is 4.74 Å². The Morgan fingerprint density at radius 1 is 1.00 bits per heavy atom. The molecule has 3 nitrogen and oxygen atoms in total. The SMILES string of the molecule is O=C(O)/C(=C\c1ccc(Oc2ccc(F)cc2)cc1)c1cccs1. The first-order chi connectivity index (χ1) is 11.6. The van der Waals surface area contributed by atoms with E-state index in [1.807, 2.05) is 11.4 Å². The molecule has 3 aromatic rings. The Hall–Kier alpha value is -2.92. The van der Waals surface area contributed by atoms with Gasteiger partial charge in [0.15, 0.2) is 0 Å². The van der Waals surface area contributed by atoms with Crippen LogP contribution in [0.2, 0.25) is 0 Å². The Morgan fingerprint density at radius 3 is 2.17 bits per heavy atom. The summed E-state index contributed by atoms with van der Waals surface area (Å²) in [6.07, 6.45) is 1.62. The van der Waals surface area contributed by atoms with Crippen LogP contribution in [0.15, 0.2) is 66.0 Å². The van der Waals surface area contributed by atoms with Gasteiger partial charge in [-0.05, 0) is 59.5 Å². The predicted octanol–water partition coefficient (Wildman–Crippen LogP) is 5.30. The van der Waals surface area contributed by atoms with Crippen molar-refractivity contribution in [3.05, 3.63) is 82.3 Å². The summed E-state index contributed by atoms with van der Waals surface area (Å²) >= 11 is 1.38. The van der Waals surface area contributed by atoms with Crippen LogP contribution < -0.4 is 4.74 Å². The number of halogens is 1. The molecule has 0 aliphatic carbocycles. The highest BCUT2D eigenvalue weighted by Crippen LogP contribution is 2.25. The second kappa shape index (κ2) is 7.10. The van der Waals surface area contributed by atoms with E-state index in [-0.39, 0.29) is 11.4 Å². The van der Waals surface area contributed by atoms with Gasteiger partial charge in [0.25, 0.3) is 0 Å². The van der Waals surface area contributed by atoms with E-state index in [2.05, 4.69) is 0 Å². The number of hydrogen-bond acceptors (Lipinski definition) is 3. The average molecular weight is 340 g/mol. The quantitative estimate of drug-likeness (QED) is 0.641. The number of thiophene rings is 1. The third-order valence-corrected chi connectivity index (χ3v) is 4.16. The molecule has 5 heteroatoms.